The molecule has 0 aliphatic carbocycles. The van der Waals surface area contributed by atoms with Crippen LogP contribution in [0.3, 0.4) is 0 Å². The third-order valence-corrected chi connectivity index (χ3v) is 5.14. The van der Waals surface area contributed by atoms with Gasteiger partial charge in [0.25, 0.3) is 0 Å². The van der Waals surface area contributed by atoms with Gasteiger partial charge in [0.2, 0.25) is 0 Å². The van der Waals surface area contributed by atoms with E-state index in [1.807, 2.05) is 60.7 Å². The summed E-state index contributed by atoms with van der Waals surface area (Å²) in [5, 5.41) is 23.6. The number of aliphatic hydroxyl groups is 2. The number of fused-ring (bicyclic) bond motifs is 1. The van der Waals surface area contributed by atoms with Crippen LogP contribution in [0.1, 0.15) is 22.9 Å². The van der Waals surface area contributed by atoms with Gasteiger partial charge in [-0.1, -0.05) is 54.6 Å². The van der Waals surface area contributed by atoms with Gasteiger partial charge in [0.05, 0.1) is 23.9 Å². The normalized spacial score (nSPS) is 13.4. The number of benzene rings is 3. The Hall–Kier alpha value is -3.61. The number of rotatable bonds is 7. The molecule has 0 aliphatic rings. The molecular weight excluding hydrogens is 410 g/mol. The van der Waals surface area contributed by atoms with E-state index >= 15 is 0 Å². The molecule has 0 radical (unpaired) electrons. The zero-order chi connectivity index (χ0) is 22.5. The number of aliphatic hydroxyl groups excluding tert-OH is 2. The molecule has 3 aromatic carbocycles. The van der Waals surface area contributed by atoms with Crippen LogP contribution in [0.5, 0.6) is 0 Å². The molecule has 0 amide bonds. The van der Waals surface area contributed by atoms with Crippen molar-refractivity contribution >= 4 is 28.7 Å². The van der Waals surface area contributed by atoms with Crippen molar-refractivity contribution in [3.63, 3.8) is 0 Å². The van der Waals surface area contributed by atoms with E-state index in [1.165, 1.54) is 0 Å². The summed E-state index contributed by atoms with van der Waals surface area (Å²) in [5.41, 5.74) is 3.51. The van der Waals surface area contributed by atoms with Gasteiger partial charge in [-0.25, -0.2) is 13.8 Å². The topological polar surface area (TPSA) is 65.4 Å². The Morgan fingerprint density at radius 3 is 2.44 bits per heavy atom. The van der Waals surface area contributed by atoms with Gasteiger partial charge in [-0.15, -0.1) is 0 Å². The monoisotopic (exact) mass is 432 g/mol. The molecule has 0 fully saturated rings. The molecule has 2 unspecified atom stereocenters. The minimum atomic E-state index is -0.969. The van der Waals surface area contributed by atoms with Gasteiger partial charge in [-0.3, -0.25) is 0 Å². The van der Waals surface area contributed by atoms with Crippen molar-refractivity contribution in [1.82, 2.24) is 4.98 Å². The van der Waals surface area contributed by atoms with E-state index in [4.69, 9.17) is 0 Å². The maximum absolute atomic E-state index is 13.5. The first-order chi connectivity index (χ1) is 15.5. The number of anilines is 1. The van der Waals surface area contributed by atoms with E-state index < -0.39 is 23.8 Å². The van der Waals surface area contributed by atoms with Crippen LogP contribution in [-0.2, 0) is 0 Å². The molecule has 0 saturated heterocycles. The minimum Gasteiger partial charge on any atom is -0.394 e. The lowest BCUT2D eigenvalue weighted by Crippen LogP contribution is -2.28. The van der Waals surface area contributed by atoms with Gasteiger partial charge in [-0.2, -0.15) is 0 Å². The molecule has 0 bridgehead atoms. The second-order valence-electron chi connectivity index (χ2n) is 7.44. The summed E-state index contributed by atoms with van der Waals surface area (Å²) < 4.78 is 26.9. The van der Waals surface area contributed by atoms with E-state index in [0.29, 0.717) is 16.6 Å². The Morgan fingerprint density at radius 2 is 1.66 bits per heavy atom. The predicted octanol–water partition coefficient (Wildman–Crippen LogP) is 5.19. The molecule has 1 aromatic heterocycles. The quantitative estimate of drug-likeness (QED) is 0.376. The molecule has 0 spiro atoms. The van der Waals surface area contributed by atoms with Crippen molar-refractivity contribution in [2.24, 2.45) is 0 Å². The Bertz CT molecular complexity index is 1250. The van der Waals surface area contributed by atoms with Gasteiger partial charge in [0.1, 0.15) is 6.10 Å². The van der Waals surface area contributed by atoms with Gasteiger partial charge in [0, 0.05) is 17.1 Å². The first-order valence-corrected chi connectivity index (χ1v) is 10.2. The second kappa shape index (κ2) is 9.68. The molecular formula is C26H22F2N2O2. The maximum Gasteiger partial charge on any atom is 0.161 e. The highest BCUT2D eigenvalue weighted by atomic mass is 19.2. The molecule has 6 heteroatoms. The van der Waals surface area contributed by atoms with Crippen LogP contribution in [0, 0.1) is 11.6 Å². The van der Waals surface area contributed by atoms with Gasteiger partial charge >= 0.3 is 0 Å². The lowest BCUT2D eigenvalue weighted by atomic mass is 10.0. The van der Waals surface area contributed by atoms with Crippen molar-refractivity contribution in [3.05, 3.63) is 107 Å². The molecule has 162 valence electrons. The van der Waals surface area contributed by atoms with Crippen LogP contribution in [0.25, 0.3) is 23.1 Å². The fourth-order valence-corrected chi connectivity index (χ4v) is 3.49. The van der Waals surface area contributed by atoms with E-state index in [-0.39, 0.29) is 6.61 Å². The highest BCUT2D eigenvalue weighted by Crippen LogP contribution is 2.24. The molecule has 4 aromatic rings. The van der Waals surface area contributed by atoms with E-state index in [0.717, 1.165) is 28.9 Å². The number of nitrogens with zero attached hydrogens (tertiary/aromatic N) is 1. The number of hydrogen-bond donors (Lipinski definition) is 3. The summed E-state index contributed by atoms with van der Waals surface area (Å²) in [5.74, 6) is -1.82. The summed E-state index contributed by atoms with van der Waals surface area (Å²) in [6, 6.07) is 22.2. The van der Waals surface area contributed by atoms with E-state index in [2.05, 4.69) is 10.3 Å². The molecule has 32 heavy (non-hydrogen) atoms. The fourth-order valence-electron chi connectivity index (χ4n) is 3.49. The lowest BCUT2D eigenvalue weighted by molar-refractivity contribution is 0.0795. The minimum absolute atomic E-state index is 0.371. The van der Waals surface area contributed by atoms with Gasteiger partial charge < -0.3 is 15.5 Å². The smallest absolute Gasteiger partial charge is 0.161 e. The zero-order valence-corrected chi connectivity index (χ0v) is 17.1. The van der Waals surface area contributed by atoms with Crippen molar-refractivity contribution in [2.45, 2.75) is 12.1 Å². The standard InChI is InChI=1S/C26H22F2N2O2/c27-22-14-19-10-12-20(29-24(19)15-23(22)28)11-9-17-5-4-8-21(13-17)30-26(25(32)16-31)18-6-2-1-3-7-18/h1-15,25-26,30-32H,16H2/b11-9+. The third kappa shape index (κ3) is 4.99. The number of pyridine rings is 1. The number of hydrogen-bond acceptors (Lipinski definition) is 4. The Morgan fingerprint density at radius 1 is 0.875 bits per heavy atom. The molecule has 1 heterocycles. The van der Waals surface area contributed by atoms with Crippen LogP contribution < -0.4 is 5.32 Å². The fraction of sp³-hybridized carbons (Fsp3) is 0.115. The predicted molar refractivity (Wildman–Crippen MR) is 123 cm³/mol. The molecule has 4 nitrogen and oxygen atoms in total. The van der Waals surface area contributed by atoms with Crippen LogP contribution in [-0.4, -0.2) is 27.9 Å². The summed E-state index contributed by atoms with van der Waals surface area (Å²) in [6.07, 6.45) is 2.68. The highest BCUT2D eigenvalue weighted by Gasteiger charge is 2.20. The SMILES string of the molecule is OCC(O)C(Nc1cccc(/C=C/c2ccc3cc(F)c(F)cc3n2)c1)c1ccccc1. The van der Waals surface area contributed by atoms with Crippen LogP contribution in [0.15, 0.2) is 78.9 Å². The summed E-state index contributed by atoms with van der Waals surface area (Å²) in [4.78, 5) is 4.37. The molecule has 2 atom stereocenters. The van der Waals surface area contributed by atoms with Crippen molar-refractivity contribution in [1.29, 1.82) is 0 Å². The average Bonchev–Trinajstić information content (AvgIpc) is 2.82. The summed E-state index contributed by atoms with van der Waals surface area (Å²) in [7, 11) is 0. The van der Waals surface area contributed by atoms with E-state index in [9.17, 15) is 19.0 Å². The number of nitrogens with one attached hydrogen (secondary N) is 1. The van der Waals surface area contributed by atoms with Gasteiger partial charge in [-0.05, 0) is 41.5 Å². The average molecular weight is 432 g/mol. The first kappa shape index (κ1) is 21.6. The van der Waals surface area contributed by atoms with Crippen molar-refractivity contribution < 1.29 is 19.0 Å². The Labute approximate surface area is 184 Å². The highest BCUT2D eigenvalue weighted by molar-refractivity contribution is 5.81. The lowest BCUT2D eigenvalue weighted by Gasteiger charge is -2.24. The largest absolute Gasteiger partial charge is 0.394 e. The third-order valence-electron chi connectivity index (χ3n) is 5.14. The van der Waals surface area contributed by atoms with Crippen LogP contribution in [0.4, 0.5) is 14.5 Å². The molecule has 4 rings (SSSR count). The molecule has 0 aliphatic heterocycles. The first-order valence-electron chi connectivity index (χ1n) is 10.2. The summed E-state index contributed by atoms with van der Waals surface area (Å²) >= 11 is 0. The van der Waals surface area contributed by atoms with Crippen molar-refractivity contribution in [2.75, 3.05) is 11.9 Å². The Kier molecular flexibility index (Phi) is 6.54. The second-order valence-corrected chi connectivity index (χ2v) is 7.44. The maximum atomic E-state index is 13.5. The molecule has 3 N–H and O–H groups in total. The zero-order valence-electron chi connectivity index (χ0n) is 17.1. The summed E-state index contributed by atoms with van der Waals surface area (Å²) in [6.45, 7) is -0.371. The number of aromatic nitrogens is 1. The molecule has 0 saturated carbocycles. The number of halogens is 2. The van der Waals surface area contributed by atoms with E-state index in [1.54, 1.807) is 18.2 Å². The van der Waals surface area contributed by atoms with Gasteiger partial charge in [0.15, 0.2) is 11.6 Å². The van der Waals surface area contributed by atoms with Crippen molar-refractivity contribution in [3.8, 4) is 0 Å². The Balaban J connectivity index is 1.55. The van der Waals surface area contributed by atoms with Crippen LogP contribution >= 0.6 is 0 Å². The van der Waals surface area contributed by atoms with Crippen LogP contribution in [0.2, 0.25) is 0 Å².